The van der Waals surface area contributed by atoms with E-state index in [2.05, 4.69) is 5.32 Å². The Hall–Kier alpha value is -1.65. The van der Waals surface area contributed by atoms with E-state index in [0.717, 1.165) is 15.7 Å². The van der Waals surface area contributed by atoms with E-state index >= 15 is 0 Å². The van der Waals surface area contributed by atoms with Crippen LogP contribution in [-0.4, -0.2) is 18.3 Å². The second kappa shape index (κ2) is 7.96. The number of benzene rings is 2. The summed E-state index contributed by atoms with van der Waals surface area (Å²) < 4.78 is 5.72. The molecule has 1 amide bonds. The van der Waals surface area contributed by atoms with Gasteiger partial charge < -0.3 is 10.1 Å². The van der Waals surface area contributed by atoms with Gasteiger partial charge in [-0.2, -0.15) is 0 Å². The molecule has 3 nitrogen and oxygen atoms in total. The van der Waals surface area contributed by atoms with Gasteiger partial charge in [-0.1, -0.05) is 23.7 Å². The van der Waals surface area contributed by atoms with Crippen molar-refractivity contribution in [1.82, 2.24) is 0 Å². The lowest BCUT2D eigenvalue weighted by Crippen LogP contribution is -2.08. The molecule has 0 saturated heterocycles. The first-order valence-electron chi connectivity index (χ1n) is 6.53. The molecule has 2 rings (SSSR count). The number of hydrogen-bond acceptors (Lipinski definition) is 3. The maximum absolute atomic E-state index is 11.1. The number of thioether (sulfide) groups is 1. The first kappa shape index (κ1) is 15.7. The third-order valence-corrected chi connectivity index (χ3v) is 3.85. The predicted molar refractivity (Wildman–Crippen MR) is 88.4 cm³/mol. The lowest BCUT2D eigenvalue weighted by molar-refractivity contribution is -0.114. The lowest BCUT2D eigenvalue weighted by Gasteiger charge is -2.11. The number of para-hydroxylation sites is 2. The number of nitrogens with one attached hydrogen (secondary N) is 1. The second-order valence-corrected chi connectivity index (χ2v) is 5.93. The Kier molecular flexibility index (Phi) is 5.96. The molecular formula is C16H16ClNO2S. The quantitative estimate of drug-likeness (QED) is 0.630. The van der Waals surface area contributed by atoms with Crippen LogP contribution in [0.25, 0.3) is 0 Å². The zero-order chi connectivity index (χ0) is 15.1. The molecular weight excluding hydrogens is 306 g/mol. The standard InChI is InChI=1S/C16H16ClNO2S/c1-12(19)18-15-4-2-3-5-16(15)20-10-11-21-14-8-6-13(17)7-9-14/h2-9H,10-11H2,1H3,(H,18,19). The average molecular weight is 322 g/mol. The molecule has 0 aliphatic heterocycles. The normalized spacial score (nSPS) is 10.2. The van der Waals surface area contributed by atoms with E-state index < -0.39 is 0 Å². The van der Waals surface area contributed by atoms with Gasteiger partial charge in [0.05, 0.1) is 12.3 Å². The van der Waals surface area contributed by atoms with Gasteiger partial charge in [-0.25, -0.2) is 0 Å². The smallest absolute Gasteiger partial charge is 0.221 e. The van der Waals surface area contributed by atoms with E-state index in [1.165, 1.54) is 6.92 Å². The zero-order valence-electron chi connectivity index (χ0n) is 11.6. The highest BCUT2D eigenvalue weighted by molar-refractivity contribution is 7.99. The van der Waals surface area contributed by atoms with Crippen molar-refractivity contribution in [3.05, 3.63) is 53.6 Å². The summed E-state index contributed by atoms with van der Waals surface area (Å²) in [6.07, 6.45) is 0. The molecule has 110 valence electrons. The Labute approximate surface area is 133 Å². The van der Waals surface area contributed by atoms with Gasteiger partial charge >= 0.3 is 0 Å². The first-order valence-corrected chi connectivity index (χ1v) is 7.89. The highest BCUT2D eigenvalue weighted by atomic mass is 35.5. The highest BCUT2D eigenvalue weighted by Gasteiger charge is 2.04. The molecule has 21 heavy (non-hydrogen) atoms. The number of halogens is 1. The summed E-state index contributed by atoms with van der Waals surface area (Å²) in [5.41, 5.74) is 0.696. The van der Waals surface area contributed by atoms with Crippen LogP contribution in [0.5, 0.6) is 5.75 Å². The summed E-state index contributed by atoms with van der Waals surface area (Å²) in [5, 5.41) is 3.49. The maximum Gasteiger partial charge on any atom is 0.221 e. The highest BCUT2D eigenvalue weighted by Crippen LogP contribution is 2.25. The molecule has 0 aromatic heterocycles. The molecule has 0 fully saturated rings. The molecule has 0 aliphatic carbocycles. The Morgan fingerprint density at radius 2 is 1.90 bits per heavy atom. The van der Waals surface area contributed by atoms with Crippen molar-refractivity contribution in [1.29, 1.82) is 0 Å². The van der Waals surface area contributed by atoms with Crippen molar-refractivity contribution in [2.75, 3.05) is 17.7 Å². The third-order valence-electron chi connectivity index (χ3n) is 2.62. The maximum atomic E-state index is 11.1. The molecule has 0 unspecified atom stereocenters. The molecule has 0 saturated carbocycles. The summed E-state index contributed by atoms with van der Waals surface area (Å²) in [4.78, 5) is 12.3. The third kappa shape index (κ3) is 5.33. The minimum Gasteiger partial charge on any atom is -0.491 e. The molecule has 5 heteroatoms. The largest absolute Gasteiger partial charge is 0.491 e. The van der Waals surface area contributed by atoms with Crippen molar-refractivity contribution in [2.45, 2.75) is 11.8 Å². The molecule has 0 bridgehead atoms. The number of carbonyl (C=O) groups excluding carboxylic acids is 1. The van der Waals surface area contributed by atoms with Gasteiger partial charge in [-0.15, -0.1) is 11.8 Å². The van der Waals surface area contributed by atoms with Crippen LogP contribution in [0.15, 0.2) is 53.4 Å². The van der Waals surface area contributed by atoms with Gasteiger partial charge in [-0.3, -0.25) is 4.79 Å². The fraction of sp³-hybridized carbons (Fsp3) is 0.188. The summed E-state index contributed by atoms with van der Waals surface area (Å²) >= 11 is 7.54. The summed E-state index contributed by atoms with van der Waals surface area (Å²) in [6.45, 7) is 2.04. The van der Waals surface area contributed by atoms with Crippen LogP contribution in [-0.2, 0) is 4.79 Å². The van der Waals surface area contributed by atoms with E-state index in [1.807, 2.05) is 48.5 Å². The van der Waals surface area contributed by atoms with Gasteiger partial charge in [0.25, 0.3) is 0 Å². The predicted octanol–water partition coefficient (Wildman–Crippen LogP) is 4.47. The minimum absolute atomic E-state index is 0.110. The van der Waals surface area contributed by atoms with Gasteiger partial charge in [0.1, 0.15) is 5.75 Å². The molecule has 1 N–H and O–H groups in total. The van der Waals surface area contributed by atoms with Gasteiger partial charge in [-0.05, 0) is 36.4 Å². The van der Waals surface area contributed by atoms with Crippen LogP contribution in [0, 0.1) is 0 Å². The van der Waals surface area contributed by atoms with Crippen molar-refractivity contribution in [2.24, 2.45) is 0 Å². The molecule has 0 radical (unpaired) electrons. The number of carbonyl (C=O) groups is 1. The van der Waals surface area contributed by atoms with E-state index in [0.29, 0.717) is 18.0 Å². The number of anilines is 1. The Morgan fingerprint density at radius 3 is 2.62 bits per heavy atom. The second-order valence-electron chi connectivity index (χ2n) is 4.33. The Balaban J connectivity index is 1.83. The van der Waals surface area contributed by atoms with Crippen LogP contribution in [0.2, 0.25) is 5.02 Å². The average Bonchev–Trinajstić information content (AvgIpc) is 2.46. The molecule has 0 heterocycles. The molecule has 0 atom stereocenters. The number of amides is 1. The first-order chi connectivity index (χ1) is 10.1. The summed E-state index contributed by atoms with van der Waals surface area (Å²) in [5.74, 6) is 1.39. The van der Waals surface area contributed by atoms with Crippen molar-refractivity contribution >= 4 is 35.0 Å². The fourth-order valence-corrected chi connectivity index (χ4v) is 2.58. The topological polar surface area (TPSA) is 38.3 Å². The minimum atomic E-state index is -0.110. The van der Waals surface area contributed by atoms with E-state index in [1.54, 1.807) is 11.8 Å². The van der Waals surface area contributed by atoms with E-state index in [4.69, 9.17) is 16.3 Å². The van der Waals surface area contributed by atoms with Crippen molar-refractivity contribution in [3.8, 4) is 5.75 Å². The van der Waals surface area contributed by atoms with E-state index in [-0.39, 0.29) is 5.91 Å². The molecule has 2 aromatic rings. The van der Waals surface area contributed by atoms with Gasteiger partial charge in [0, 0.05) is 22.6 Å². The van der Waals surface area contributed by atoms with Crippen LogP contribution < -0.4 is 10.1 Å². The van der Waals surface area contributed by atoms with Gasteiger partial charge in [0.15, 0.2) is 0 Å². The van der Waals surface area contributed by atoms with Crippen LogP contribution in [0.1, 0.15) is 6.92 Å². The lowest BCUT2D eigenvalue weighted by atomic mass is 10.3. The van der Waals surface area contributed by atoms with Crippen LogP contribution in [0.4, 0.5) is 5.69 Å². The number of ether oxygens (including phenoxy) is 1. The summed E-state index contributed by atoms with van der Waals surface area (Å²) in [6, 6.07) is 15.1. The van der Waals surface area contributed by atoms with Gasteiger partial charge in [0.2, 0.25) is 5.91 Å². The fourth-order valence-electron chi connectivity index (χ4n) is 1.73. The Bertz CT molecular complexity index is 601. The molecule has 0 aliphatic rings. The zero-order valence-corrected chi connectivity index (χ0v) is 13.2. The number of hydrogen-bond donors (Lipinski definition) is 1. The van der Waals surface area contributed by atoms with Crippen molar-refractivity contribution in [3.63, 3.8) is 0 Å². The number of rotatable bonds is 6. The molecule has 2 aromatic carbocycles. The van der Waals surface area contributed by atoms with Crippen LogP contribution in [0.3, 0.4) is 0 Å². The molecule has 0 spiro atoms. The SMILES string of the molecule is CC(=O)Nc1ccccc1OCCSc1ccc(Cl)cc1. The summed E-state index contributed by atoms with van der Waals surface area (Å²) in [7, 11) is 0. The van der Waals surface area contributed by atoms with Crippen molar-refractivity contribution < 1.29 is 9.53 Å². The monoisotopic (exact) mass is 321 g/mol. The van der Waals surface area contributed by atoms with Crippen LogP contribution >= 0.6 is 23.4 Å². The van der Waals surface area contributed by atoms with E-state index in [9.17, 15) is 4.79 Å². The Morgan fingerprint density at radius 1 is 1.19 bits per heavy atom.